The van der Waals surface area contributed by atoms with Crippen LogP contribution in [0.15, 0.2) is 45.8 Å². The van der Waals surface area contributed by atoms with E-state index in [9.17, 15) is 18.4 Å². The van der Waals surface area contributed by atoms with E-state index >= 15 is 0 Å². The summed E-state index contributed by atoms with van der Waals surface area (Å²) in [6.07, 6.45) is 0.118. The van der Waals surface area contributed by atoms with E-state index in [1.54, 1.807) is 13.1 Å². The number of nitrogens with one attached hydrogen (secondary N) is 1. The molecule has 1 aliphatic rings. The first-order chi connectivity index (χ1) is 13.4. The highest BCUT2D eigenvalue weighted by Crippen LogP contribution is 2.34. The first-order valence-corrected chi connectivity index (χ1v) is 8.65. The molecule has 1 N–H and O–H groups in total. The molecule has 0 bridgehead atoms. The molecule has 1 atom stereocenters. The zero-order valence-electron chi connectivity index (χ0n) is 14.9. The monoisotopic (exact) mass is 386 g/mol. The number of fused-ring (bicyclic) bond motifs is 1. The van der Waals surface area contributed by atoms with Gasteiger partial charge in [0.2, 0.25) is 11.4 Å². The molecule has 1 amide bonds. The lowest BCUT2D eigenvalue weighted by Gasteiger charge is -2.14. The van der Waals surface area contributed by atoms with E-state index < -0.39 is 12.3 Å². The van der Waals surface area contributed by atoms with Gasteiger partial charge in [0, 0.05) is 24.9 Å². The number of pyridine rings is 1. The maximum atomic E-state index is 12.6. The van der Waals surface area contributed by atoms with Crippen molar-refractivity contribution in [1.29, 1.82) is 0 Å². The Balaban J connectivity index is 1.53. The highest BCUT2D eigenvalue weighted by molar-refractivity contribution is 5.94. The molecule has 0 saturated carbocycles. The number of benzene rings is 1. The number of amides is 1. The molecule has 0 saturated heterocycles. The predicted molar refractivity (Wildman–Crippen MR) is 94.9 cm³/mol. The summed E-state index contributed by atoms with van der Waals surface area (Å²) in [5.74, 6) is -0.869. The van der Waals surface area contributed by atoms with Crippen molar-refractivity contribution in [2.45, 2.75) is 25.3 Å². The summed E-state index contributed by atoms with van der Waals surface area (Å²) in [5, 5.41) is 6.56. The van der Waals surface area contributed by atoms with E-state index in [4.69, 9.17) is 0 Å². The number of halogens is 2. The van der Waals surface area contributed by atoms with Gasteiger partial charge in [-0.25, -0.2) is 0 Å². The van der Waals surface area contributed by atoms with Crippen molar-refractivity contribution in [3.8, 4) is 11.4 Å². The summed E-state index contributed by atoms with van der Waals surface area (Å²) in [6.45, 7) is 0. The number of nitrogens with zero attached hydrogens (tertiary/aromatic N) is 3. The number of carbonyl (C=O) groups is 1. The average Bonchev–Trinajstić information content (AvgIpc) is 3.31. The van der Waals surface area contributed by atoms with Crippen molar-refractivity contribution in [3.63, 3.8) is 0 Å². The first kappa shape index (κ1) is 18.0. The standard InChI is InChI=1S/C19H16F2N4O3/c1-25-9-12(4-7-15(25)26)18(27)22-14-6-3-10-8-11(2-5-13(10)14)17-23-19(16(20)21)28-24-17/h2,4-5,7-9,14,16H,3,6H2,1H3,(H,22,27)/t14-/m1/s1. The molecular formula is C19H16F2N4O3. The summed E-state index contributed by atoms with van der Waals surface area (Å²) < 4.78 is 31.1. The Labute approximate surface area is 158 Å². The molecule has 0 fully saturated rings. The third-order valence-corrected chi connectivity index (χ3v) is 4.76. The molecule has 0 radical (unpaired) electrons. The van der Waals surface area contributed by atoms with Crippen LogP contribution in [0.1, 0.15) is 46.3 Å². The van der Waals surface area contributed by atoms with Crippen molar-refractivity contribution in [2.24, 2.45) is 7.05 Å². The van der Waals surface area contributed by atoms with Crippen LogP contribution in [-0.4, -0.2) is 20.6 Å². The Morgan fingerprint density at radius 3 is 2.86 bits per heavy atom. The number of carbonyl (C=O) groups excluding carboxylic acids is 1. The van der Waals surface area contributed by atoms with Crippen LogP contribution in [0.25, 0.3) is 11.4 Å². The Morgan fingerprint density at radius 1 is 1.32 bits per heavy atom. The Bertz CT molecular complexity index is 1110. The van der Waals surface area contributed by atoms with Gasteiger partial charge in [-0.3, -0.25) is 9.59 Å². The maximum absolute atomic E-state index is 12.6. The fourth-order valence-electron chi connectivity index (χ4n) is 3.32. The molecule has 0 unspecified atom stereocenters. The first-order valence-electron chi connectivity index (χ1n) is 8.65. The second kappa shape index (κ2) is 6.99. The van der Waals surface area contributed by atoms with Crippen molar-refractivity contribution in [3.05, 3.63) is 69.5 Å². The van der Waals surface area contributed by atoms with Gasteiger partial charge in [0.05, 0.1) is 11.6 Å². The van der Waals surface area contributed by atoms with Crippen LogP contribution in [0.5, 0.6) is 0 Å². The summed E-state index contributed by atoms with van der Waals surface area (Å²) in [5.41, 5.74) is 2.75. The van der Waals surface area contributed by atoms with Gasteiger partial charge in [-0.1, -0.05) is 17.3 Å². The van der Waals surface area contributed by atoms with E-state index in [0.717, 1.165) is 17.5 Å². The summed E-state index contributed by atoms with van der Waals surface area (Å²) in [4.78, 5) is 27.7. The third kappa shape index (κ3) is 3.30. The summed E-state index contributed by atoms with van der Waals surface area (Å²) >= 11 is 0. The largest absolute Gasteiger partial charge is 0.345 e. The van der Waals surface area contributed by atoms with E-state index in [-0.39, 0.29) is 23.3 Å². The fourth-order valence-corrected chi connectivity index (χ4v) is 3.32. The van der Waals surface area contributed by atoms with Gasteiger partial charge in [0.15, 0.2) is 0 Å². The van der Waals surface area contributed by atoms with Crippen molar-refractivity contribution in [1.82, 2.24) is 20.0 Å². The van der Waals surface area contributed by atoms with Crippen molar-refractivity contribution >= 4 is 5.91 Å². The zero-order valence-corrected chi connectivity index (χ0v) is 14.9. The van der Waals surface area contributed by atoms with Crippen LogP contribution in [-0.2, 0) is 13.5 Å². The molecule has 7 nitrogen and oxygen atoms in total. The van der Waals surface area contributed by atoms with Crippen LogP contribution < -0.4 is 10.9 Å². The number of aromatic nitrogens is 3. The van der Waals surface area contributed by atoms with Gasteiger partial charge in [-0.2, -0.15) is 13.8 Å². The number of rotatable bonds is 4. The Kier molecular flexibility index (Phi) is 4.50. The number of alkyl halides is 2. The molecule has 4 rings (SSSR count). The quantitative estimate of drug-likeness (QED) is 0.745. The minimum absolute atomic E-state index is 0.107. The van der Waals surface area contributed by atoms with Crippen LogP contribution in [0.4, 0.5) is 8.78 Å². The molecular weight excluding hydrogens is 370 g/mol. The minimum atomic E-state index is -2.81. The molecule has 1 aromatic carbocycles. The zero-order chi connectivity index (χ0) is 19.8. The lowest BCUT2D eigenvalue weighted by molar-refractivity contribution is 0.0935. The molecule has 2 heterocycles. The molecule has 9 heteroatoms. The van der Waals surface area contributed by atoms with Gasteiger partial charge in [0.25, 0.3) is 11.8 Å². The van der Waals surface area contributed by atoms with Gasteiger partial charge in [-0.05, 0) is 36.1 Å². The molecule has 28 heavy (non-hydrogen) atoms. The van der Waals surface area contributed by atoms with Crippen LogP contribution in [0.3, 0.4) is 0 Å². The van der Waals surface area contributed by atoms with Crippen LogP contribution in [0.2, 0.25) is 0 Å². The topological polar surface area (TPSA) is 90.0 Å². The predicted octanol–water partition coefficient (Wildman–Crippen LogP) is 2.79. The minimum Gasteiger partial charge on any atom is -0.345 e. The second-order valence-electron chi connectivity index (χ2n) is 6.60. The fraction of sp³-hybridized carbons (Fsp3) is 0.263. The van der Waals surface area contributed by atoms with Gasteiger partial charge < -0.3 is 14.4 Å². The van der Waals surface area contributed by atoms with E-state index in [2.05, 4.69) is 20.0 Å². The van der Waals surface area contributed by atoms with Gasteiger partial charge >= 0.3 is 6.43 Å². The molecule has 3 aromatic rings. The van der Waals surface area contributed by atoms with E-state index in [0.29, 0.717) is 17.5 Å². The van der Waals surface area contributed by atoms with Crippen LogP contribution >= 0.6 is 0 Å². The SMILES string of the molecule is Cn1cc(C(=O)N[C@@H]2CCc3cc(-c4noc(C(F)F)n4)ccc32)ccc1=O. The van der Waals surface area contributed by atoms with E-state index in [1.807, 2.05) is 12.1 Å². The maximum Gasteiger partial charge on any atom is 0.315 e. The lowest BCUT2D eigenvalue weighted by Crippen LogP contribution is -2.28. The number of aryl methyl sites for hydroxylation is 2. The normalized spacial score (nSPS) is 15.6. The smallest absolute Gasteiger partial charge is 0.315 e. The Morgan fingerprint density at radius 2 is 2.14 bits per heavy atom. The number of hydrogen-bond donors (Lipinski definition) is 1. The number of hydrogen-bond acceptors (Lipinski definition) is 5. The van der Waals surface area contributed by atoms with Crippen molar-refractivity contribution in [2.75, 3.05) is 0 Å². The molecule has 144 valence electrons. The van der Waals surface area contributed by atoms with Crippen molar-refractivity contribution < 1.29 is 18.1 Å². The molecule has 0 aliphatic heterocycles. The molecule has 2 aromatic heterocycles. The summed E-state index contributed by atoms with van der Waals surface area (Å²) in [6, 6.07) is 8.05. The van der Waals surface area contributed by atoms with Gasteiger partial charge in [-0.15, -0.1) is 0 Å². The highest BCUT2D eigenvalue weighted by atomic mass is 19.3. The van der Waals surface area contributed by atoms with E-state index in [1.165, 1.54) is 22.9 Å². The summed E-state index contributed by atoms with van der Waals surface area (Å²) in [7, 11) is 1.59. The second-order valence-corrected chi connectivity index (χ2v) is 6.60. The molecule has 1 aliphatic carbocycles. The molecule has 0 spiro atoms. The Hall–Kier alpha value is -3.36. The average molecular weight is 386 g/mol. The van der Waals surface area contributed by atoms with Crippen LogP contribution in [0, 0.1) is 0 Å². The lowest BCUT2D eigenvalue weighted by atomic mass is 10.0. The van der Waals surface area contributed by atoms with Gasteiger partial charge in [0.1, 0.15) is 0 Å². The third-order valence-electron chi connectivity index (χ3n) is 4.76. The highest BCUT2D eigenvalue weighted by Gasteiger charge is 2.26.